The second-order valence-corrected chi connectivity index (χ2v) is 9.28. The molecule has 2 aromatic carbocycles. The van der Waals surface area contributed by atoms with Gasteiger partial charge in [0.25, 0.3) is 0 Å². The number of rotatable bonds is 7. The summed E-state index contributed by atoms with van der Waals surface area (Å²) in [6, 6.07) is 7.12. The number of anilines is 1. The number of phenolic OH excluding ortho intramolecular Hbond substituents is 1. The Morgan fingerprint density at radius 3 is 2.34 bits per heavy atom. The lowest BCUT2D eigenvalue weighted by molar-refractivity contribution is -0.152. The van der Waals surface area contributed by atoms with Crippen LogP contribution in [0.1, 0.15) is 37.3 Å². The molecule has 0 atom stereocenters. The van der Waals surface area contributed by atoms with Crippen LogP contribution in [0.15, 0.2) is 35.2 Å². The molecule has 0 aromatic heterocycles. The minimum Gasteiger partial charge on any atom is -0.507 e. The van der Waals surface area contributed by atoms with Crippen molar-refractivity contribution in [2.24, 2.45) is 0 Å². The summed E-state index contributed by atoms with van der Waals surface area (Å²) in [7, 11) is -3.89. The molecular formula is C22H26N2O7S. The van der Waals surface area contributed by atoms with Crippen LogP contribution in [0.5, 0.6) is 17.2 Å². The van der Waals surface area contributed by atoms with Crippen molar-refractivity contribution < 1.29 is 32.6 Å². The predicted octanol–water partition coefficient (Wildman–Crippen LogP) is 3.13. The summed E-state index contributed by atoms with van der Waals surface area (Å²) in [4.78, 5) is 23.1. The Hall–Kier alpha value is -3.11. The zero-order valence-electron chi connectivity index (χ0n) is 18.1. The normalized spacial score (nSPS) is 13.8. The maximum absolute atomic E-state index is 12.6. The summed E-state index contributed by atoms with van der Waals surface area (Å²) in [5, 5.41) is 12.6. The molecule has 1 aliphatic carbocycles. The molecule has 1 aliphatic rings. The van der Waals surface area contributed by atoms with Crippen LogP contribution in [-0.2, 0) is 24.3 Å². The Labute approximate surface area is 186 Å². The Bertz CT molecular complexity index is 1120. The van der Waals surface area contributed by atoms with Crippen molar-refractivity contribution in [1.29, 1.82) is 0 Å². The topological polar surface area (TPSA) is 131 Å². The van der Waals surface area contributed by atoms with Gasteiger partial charge in [0.1, 0.15) is 22.1 Å². The van der Waals surface area contributed by atoms with Gasteiger partial charge in [0, 0.05) is 17.8 Å². The second-order valence-electron chi connectivity index (χ2n) is 7.59. The molecule has 0 saturated heterocycles. The summed E-state index contributed by atoms with van der Waals surface area (Å²) in [6.45, 7) is 5.20. The predicted molar refractivity (Wildman–Crippen MR) is 117 cm³/mol. The van der Waals surface area contributed by atoms with Crippen LogP contribution in [0.3, 0.4) is 0 Å². The molecule has 32 heavy (non-hydrogen) atoms. The number of amides is 1. The molecule has 10 heteroatoms. The number of hydrogen-bond donors (Lipinski definition) is 3. The number of sulfonamides is 1. The minimum atomic E-state index is -3.89. The van der Waals surface area contributed by atoms with Crippen LogP contribution in [0.2, 0.25) is 0 Å². The first-order chi connectivity index (χ1) is 15.1. The molecule has 2 aromatic rings. The molecule has 0 spiro atoms. The lowest BCUT2D eigenvalue weighted by Gasteiger charge is -2.26. The van der Waals surface area contributed by atoms with Gasteiger partial charge in [-0.2, -0.15) is 0 Å². The molecule has 3 N–H and O–H groups in total. The highest BCUT2D eigenvalue weighted by atomic mass is 32.2. The van der Waals surface area contributed by atoms with Crippen LogP contribution < -0.4 is 14.8 Å². The van der Waals surface area contributed by atoms with Crippen LogP contribution in [0.4, 0.5) is 5.69 Å². The van der Waals surface area contributed by atoms with Gasteiger partial charge >= 0.3 is 11.9 Å². The van der Waals surface area contributed by atoms with E-state index in [2.05, 4.69) is 14.8 Å². The number of nitrogens with one attached hydrogen (secondary N) is 2. The number of aromatic hydroxyl groups is 1. The third-order valence-electron chi connectivity index (χ3n) is 5.05. The SMILES string of the molecule is CCOC(=O)C(=O)Nc1cc(C)c(Oc2ccc(O)c(S(=O)(=O)NC3CCC3)c2)c(C)c1. The van der Waals surface area contributed by atoms with Gasteiger partial charge in [0.2, 0.25) is 10.0 Å². The van der Waals surface area contributed by atoms with E-state index in [0.717, 1.165) is 19.3 Å². The number of phenols is 1. The lowest BCUT2D eigenvalue weighted by atomic mass is 9.94. The first-order valence-corrected chi connectivity index (χ1v) is 11.7. The Morgan fingerprint density at radius 2 is 1.78 bits per heavy atom. The average Bonchev–Trinajstić information content (AvgIpc) is 2.69. The van der Waals surface area contributed by atoms with E-state index < -0.39 is 21.9 Å². The zero-order chi connectivity index (χ0) is 23.5. The highest BCUT2D eigenvalue weighted by Gasteiger charge is 2.27. The molecule has 0 bridgehead atoms. The zero-order valence-corrected chi connectivity index (χ0v) is 18.9. The van der Waals surface area contributed by atoms with E-state index >= 15 is 0 Å². The maximum Gasteiger partial charge on any atom is 0.397 e. The molecule has 3 rings (SSSR count). The molecule has 0 heterocycles. The third-order valence-corrected chi connectivity index (χ3v) is 6.60. The van der Waals surface area contributed by atoms with Crippen molar-refractivity contribution in [1.82, 2.24) is 4.72 Å². The van der Waals surface area contributed by atoms with Crippen LogP contribution in [0.25, 0.3) is 0 Å². The lowest BCUT2D eigenvalue weighted by Crippen LogP contribution is -2.39. The Balaban J connectivity index is 1.81. The highest BCUT2D eigenvalue weighted by Crippen LogP contribution is 2.35. The molecule has 9 nitrogen and oxygen atoms in total. The summed E-state index contributed by atoms with van der Waals surface area (Å²) in [6.07, 6.45) is 2.51. The Morgan fingerprint density at radius 1 is 1.12 bits per heavy atom. The molecule has 0 radical (unpaired) electrons. The van der Waals surface area contributed by atoms with Crippen LogP contribution in [-0.4, -0.2) is 38.0 Å². The minimum absolute atomic E-state index is 0.0948. The molecular weight excluding hydrogens is 436 g/mol. The van der Waals surface area contributed by atoms with Crippen LogP contribution in [0, 0.1) is 13.8 Å². The molecule has 1 amide bonds. The van der Waals surface area contributed by atoms with Gasteiger partial charge in [0.15, 0.2) is 0 Å². The summed E-state index contributed by atoms with van der Waals surface area (Å²) >= 11 is 0. The molecule has 1 saturated carbocycles. The summed E-state index contributed by atoms with van der Waals surface area (Å²) < 4.78 is 38.5. The monoisotopic (exact) mass is 462 g/mol. The van der Waals surface area contributed by atoms with Gasteiger partial charge < -0.3 is 19.9 Å². The second kappa shape index (κ2) is 9.58. The van der Waals surface area contributed by atoms with E-state index in [1.807, 2.05) is 0 Å². The van der Waals surface area contributed by atoms with Gasteiger partial charge in [-0.25, -0.2) is 17.9 Å². The number of ether oxygens (including phenoxy) is 2. The maximum atomic E-state index is 12.6. The van der Waals surface area contributed by atoms with Gasteiger partial charge in [-0.15, -0.1) is 0 Å². The molecule has 172 valence electrons. The van der Waals surface area contributed by atoms with Gasteiger partial charge in [-0.05, 0) is 69.0 Å². The van der Waals surface area contributed by atoms with E-state index in [4.69, 9.17) is 4.74 Å². The van der Waals surface area contributed by atoms with Crippen molar-refractivity contribution in [2.75, 3.05) is 11.9 Å². The van der Waals surface area contributed by atoms with Crippen LogP contribution >= 0.6 is 0 Å². The van der Waals surface area contributed by atoms with Gasteiger partial charge in [-0.1, -0.05) is 6.42 Å². The van der Waals surface area contributed by atoms with E-state index in [-0.39, 0.29) is 29.0 Å². The third kappa shape index (κ3) is 5.38. The summed E-state index contributed by atoms with van der Waals surface area (Å²) in [5.41, 5.74) is 1.69. The number of aryl methyl sites for hydroxylation is 2. The molecule has 1 fully saturated rings. The molecule has 0 aliphatic heterocycles. The van der Waals surface area contributed by atoms with Gasteiger partial charge in [0.05, 0.1) is 6.61 Å². The van der Waals surface area contributed by atoms with E-state index in [9.17, 15) is 23.1 Å². The number of carbonyl (C=O) groups is 2. The number of benzene rings is 2. The first kappa shape index (κ1) is 23.6. The molecule has 0 unspecified atom stereocenters. The van der Waals surface area contributed by atoms with Crippen molar-refractivity contribution in [3.63, 3.8) is 0 Å². The summed E-state index contributed by atoms with van der Waals surface area (Å²) in [5.74, 6) is -1.54. The van der Waals surface area contributed by atoms with Crippen molar-refractivity contribution in [3.8, 4) is 17.2 Å². The highest BCUT2D eigenvalue weighted by molar-refractivity contribution is 7.89. The number of carbonyl (C=O) groups excluding carboxylic acids is 2. The quantitative estimate of drug-likeness (QED) is 0.425. The van der Waals surface area contributed by atoms with Crippen molar-refractivity contribution in [2.45, 2.75) is 51.0 Å². The number of hydrogen-bond acceptors (Lipinski definition) is 7. The van der Waals surface area contributed by atoms with Crippen molar-refractivity contribution in [3.05, 3.63) is 41.5 Å². The fraction of sp³-hybridized carbons (Fsp3) is 0.364. The Kier molecular flexibility index (Phi) is 7.05. The largest absolute Gasteiger partial charge is 0.507 e. The van der Waals surface area contributed by atoms with Gasteiger partial charge in [-0.3, -0.25) is 4.79 Å². The smallest absolute Gasteiger partial charge is 0.397 e. The van der Waals surface area contributed by atoms with E-state index in [0.29, 0.717) is 22.6 Å². The number of esters is 1. The standard InChI is InChI=1S/C22H26N2O7S/c1-4-30-22(27)21(26)23-16-10-13(2)20(14(3)11-16)31-17-8-9-18(25)19(12-17)32(28,29)24-15-6-5-7-15/h8-12,15,24-25H,4-7H2,1-3H3,(H,23,26). The fourth-order valence-electron chi connectivity index (χ4n) is 3.26. The van der Waals surface area contributed by atoms with E-state index in [1.54, 1.807) is 32.9 Å². The van der Waals surface area contributed by atoms with Crippen molar-refractivity contribution >= 4 is 27.6 Å². The first-order valence-electron chi connectivity index (χ1n) is 10.2. The van der Waals surface area contributed by atoms with E-state index in [1.165, 1.54) is 18.2 Å². The average molecular weight is 463 g/mol. The fourth-order valence-corrected chi connectivity index (χ4v) is 4.68.